The normalized spacial score (nSPS) is 19.3. The highest BCUT2D eigenvalue weighted by Gasteiger charge is 2.31. The molecule has 0 aliphatic carbocycles. The standard InChI is InChI=1S/C20H20F3N5O2/c1-27-10-14(4-7-19(27)29)16-11-28(26-25-16)17-8-24-9-18(17)30-12-13-2-5-15(6-3-13)20(21,22)23/h2-7,10-11,17-18,24H,8-9,12H2,1H3/t17-,18-/m1/s1. The Labute approximate surface area is 170 Å². The molecule has 4 rings (SSSR count). The van der Waals surface area contributed by atoms with E-state index in [0.717, 1.165) is 17.7 Å². The average molecular weight is 419 g/mol. The van der Waals surface area contributed by atoms with Crippen LogP contribution in [0.2, 0.25) is 0 Å². The Morgan fingerprint density at radius 2 is 1.90 bits per heavy atom. The average Bonchev–Trinajstić information content (AvgIpc) is 3.37. The summed E-state index contributed by atoms with van der Waals surface area (Å²) in [5, 5.41) is 11.6. The quantitative estimate of drug-likeness (QED) is 0.688. The number of aromatic nitrogens is 4. The number of hydrogen-bond donors (Lipinski definition) is 1. The molecule has 0 spiro atoms. The molecular weight excluding hydrogens is 399 g/mol. The van der Waals surface area contributed by atoms with Crippen molar-refractivity contribution in [2.75, 3.05) is 13.1 Å². The Bertz CT molecular complexity index is 1080. The maximum Gasteiger partial charge on any atom is 0.416 e. The van der Waals surface area contributed by atoms with E-state index in [2.05, 4.69) is 15.6 Å². The first-order valence-electron chi connectivity index (χ1n) is 9.38. The molecule has 3 aromatic rings. The van der Waals surface area contributed by atoms with Gasteiger partial charge in [-0.3, -0.25) is 4.79 Å². The topological polar surface area (TPSA) is 74.0 Å². The van der Waals surface area contributed by atoms with E-state index in [4.69, 9.17) is 4.74 Å². The van der Waals surface area contributed by atoms with Crippen LogP contribution in [0.3, 0.4) is 0 Å². The molecule has 1 fully saturated rings. The van der Waals surface area contributed by atoms with Crippen LogP contribution in [-0.2, 0) is 24.6 Å². The van der Waals surface area contributed by atoms with Crippen LogP contribution in [0.15, 0.2) is 53.6 Å². The molecule has 1 aliphatic rings. The minimum absolute atomic E-state index is 0.103. The van der Waals surface area contributed by atoms with Crippen molar-refractivity contribution < 1.29 is 17.9 Å². The smallest absolute Gasteiger partial charge is 0.370 e. The number of ether oxygens (including phenoxy) is 1. The number of nitrogens with zero attached hydrogens (tertiary/aromatic N) is 4. The first kappa shape index (κ1) is 20.3. The van der Waals surface area contributed by atoms with Gasteiger partial charge < -0.3 is 14.6 Å². The molecule has 1 aromatic carbocycles. The number of rotatable bonds is 5. The second-order valence-electron chi connectivity index (χ2n) is 7.22. The zero-order chi connectivity index (χ0) is 21.3. The van der Waals surface area contributed by atoms with E-state index in [-0.39, 0.29) is 24.3 Å². The molecule has 0 unspecified atom stereocenters. The van der Waals surface area contributed by atoms with E-state index in [1.807, 2.05) is 0 Å². The summed E-state index contributed by atoms with van der Waals surface area (Å²) in [6, 6.07) is 8.03. The van der Waals surface area contributed by atoms with Gasteiger partial charge in [0.15, 0.2) is 0 Å². The summed E-state index contributed by atoms with van der Waals surface area (Å²) in [7, 11) is 1.67. The summed E-state index contributed by atoms with van der Waals surface area (Å²) < 4.78 is 47.2. The number of benzene rings is 1. The van der Waals surface area contributed by atoms with Gasteiger partial charge in [-0.15, -0.1) is 5.10 Å². The van der Waals surface area contributed by atoms with Crippen molar-refractivity contribution in [1.29, 1.82) is 0 Å². The van der Waals surface area contributed by atoms with Gasteiger partial charge in [-0.05, 0) is 23.8 Å². The van der Waals surface area contributed by atoms with Crippen molar-refractivity contribution in [3.8, 4) is 11.3 Å². The van der Waals surface area contributed by atoms with Gasteiger partial charge in [-0.2, -0.15) is 13.2 Å². The highest BCUT2D eigenvalue weighted by Crippen LogP contribution is 2.29. The van der Waals surface area contributed by atoms with E-state index in [9.17, 15) is 18.0 Å². The minimum Gasteiger partial charge on any atom is -0.370 e. The molecule has 0 saturated carbocycles. The molecule has 1 saturated heterocycles. The zero-order valence-corrected chi connectivity index (χ0v) is 16.1. The molecule has 158 valence electrons. The molecular formula is C20H20F3N5O2. The number of aryl methyl sites for hydroxylation is 1. The van der Waals surface area contributed by atoms with Crippen LogP contribution in [0.25, 0.3) is 11.3 Å². The molecule has 1 N–H and O–H groups in total. The molecule has 0 amide bonds. The molecule has 0 radical (unpaired) electrons. The largest absolute Gasteiger partial charge is 0.416 e. The molecule has 3 heterocycles. The van der Waals surface area contributed by atoms with Crippen LogP contribution in [0.1, 0.15) is 17.2 Å². The van der Waals surface area contributed by atoms with E-state index in [1.54, 1.807) is 30.2 Å². The van der Waals surface area contributed by atoms with Gasteiger partial charge in [0, 0.05) is 38.0 Å². The third-order valence-corrected chi connectivity index (χ3v) is 5.11. The molecule has 2 aromatic heterocycles. The lowest BCUT2D eigenvalue weighted by Gasteiger charge is -2.19. The van der Waals surface area contributed by atoms with Gasteiger partial charge in [0.05, 0.1) is 30.5 Å². The van der Waals surface area contributed by atoms with Gasteiger partial charge in [-0.25, -0.2) is 4.68 Å². The predicted octanol–water partition coefficient (Wildman–Crippen LogP) is 2.39. The number of alkyl halides is 3. The van der Waals surface area contributed by atoms with E-state index < -0.39 is 11.7 Å². The van der Waals surface area contributed by atoms with Gasteiger partial charge in [0.2, 0.25) is 5.56 Å². The zero-order valence-electron chi connectivity index (χ0n) is 16.1. The van der Waals surface area contributed by atoms with Gasteiger partial charge >= 0.3 is 6.18 Å². The second-order valence-corrected chi connectivity index (χ2v) is 7.22. The Kier molecular flexibility index (Phi) is 5.44. The van der Waals surface area contributed by atoms with Crippen molar-refractivity contribution in [3.05, 3.63) is 70.3 Å². The second kappa shape index (κ2) is 8.04. The maximum atomic E-state index is 12.7. The van der Waals surface area contributed by atoms with E-state index in [1.165, 1.54) is 22.8 Å². The Morgan fingerprint density at radius 1 is 1.13 bits per heavy atom. The fourth-order valence-electron chi connectivity index (χ4n) is 3.38. The first-order chi connectivity index (χ1) is 14.3. The number of halogens is 3. The summed E-state index contributed by atoms with van der Waals surface area (Å²) in [5.74, 6) is 0. The summed E-state index contributed by atoms with van der Waals surface area (Å²) in [5.41, 5.74) is 1.29. The van der Waals surface area contributed by atoms with Crippen LogP contribution in [0, 0.1) is 0 Å². The Hall–Kier alpha value is -2.98. The summed E-state index contributed by atoms with van der Waals surface area (Å²) in [6.07, 6.45) is -1.06. The summed E-state index contributed by atoms with van der Waals surface area (Å²) in [6.45, 7) is 1.43. The van der Waals surface area contributed by atoms with E-state index in [0.29, 0.717) is 24.3 Å². The molecule has 30 heavy (non-hydrogen) atoms. The third kappa shape index (κ3) is 4.29. The van der Waals surface area contributed by atoms with Gasteiger partial charge in [0.25, 0.3) is 0 Å². The van der Waals surface area contributed by atoms with Crippen LogP contribution in [0.4, 0.5) is 13.2 Å². The van der Waals surface area contributed by atoms with E-state index >= 15 is 0 Å². The lowest BCUT2D eigenvalue weighted by molar-refractivity contribution is -0.137. The lowest BCUT2D eigenvalue weighted by atomic mass is 10.1. The fourth-order valence-corrected chi connectivity index (χ4v) is 3.38. The lowest BCUT2D eigenvalue weighted by Crippen LogP contribution is -2.26. The van der Waals surface area contributed by atoms with Gasteiger partial charge in [0.1, 0.15) is 5.69 Å². The highest BCUT2D eigenvalue weighted by molar-refractivity contribution is 5.56. The summed E-state index contributed by atoms with van der Waals surface area (Å²) >= 11 is 0. The van der Waals surface area contributed by atoms with Crippen molar-refractivity contribution in [1.82, 2.24) is 24.9 Å². The van der Waals surface area contributed by atoms with Crippen LogP contribution < -0.4 is 10.9 Å². The summed E-state index contributed by atoms with van der Waals surface area (Å²) in [4.78, 5) is 11.6. The Balaban J connectivity index is 1.43. The fraction of sp³-hybridized carbons (Fsp3) is 0.350. The van der Waals surface area contributed by atoms with Crippen molar-refractivity contribution in [3.63, 3.8) is 0 Å². The van der Waals surface area contributed by atoms with Crippen molar-refractivity contribution >= 4 is 0 Å². The Morgan fingerprint density at radius 3 is 2.60 bits per heavy atom. The van der Waals surface area contributed by atoms with Crippen LogP contribution >= 0.6 is 0 Å². The molecule has 10 heteroatoms. The molecule has 0 bridgehead atoms. The van der Waals surface area contributed by atoms with Crippen LogP contribution in [-0.4, -0.2) is 38.8 Å². The monoisotopic (exact) mass is 419 g/mol. The van der Waals surface area contributed by atoms with Crippen LogP contribution in [0.5, 0.6) is 0 Å². The van der Waals surface area contributed by atoms with Gasteiger partial charge in [-0.1, -0.05) is 17.3 Å². The highest BCUT2D eigenvalue weighted by atomic mass is 19.4. The molecule has 2 atom stereocenters. The first-order valence-corrected chi connectivity index (χ1v) is 9.38. The number of hydrogen-bond acceptors (Lipinski definition) is 5. The number of pyridine rings is 1. The maximum absolute atomic E-state index is 12.7. The van der Waals surface area contributed by atoms with Crippen molar-refractivity contribution in [2.24, 2.45) is 7.05 Å². The predicted molar refractivity (Wildman–Crippen MR) is 103 cm³/mol. The van der Waals surface area contributed by atoms with Crippen molar-refractivity contribution in [2.45, 2.75) is 24.9 Å². The minimum atomic E-state index is -4.35. The third-order valence-electron chi connectivity index (χ3n) is 5.11. The molecule has 7 nitrogen and oxygen atoms in total. The molecule has 1 aliphatic heterocycles. The SMILES string of the molecule is Cn1cc(-c2cn([C@@H]3CNC[C@H]3OCc3ccc(C(F)(F)F)cc3)nn2)ccc1=O. The number of nitrogens with one attached hydrogen (secondary N) is 1.